The number of carbonyl (C=O) groups excluding carboxylic acids is 2. The van der Waals surface area contributed by atoms with E-state index in [0.717, 1.165) is 36.9 Å². The zero-order valence-electron chi connectivity index (χ0n) is 14.4. The molecule has 4 nitrogen and oxygen atoms in total. The Bertz CT molecular complexity index is 573. The van der Waals surface area contributed by atoms with Crippen LogP contribution in [0.15, 0.2) is 24.3 Å². The van der Waals surface area contributed by atoms with Crippen LogP contribution in [-0.2, 0) is 16.1 Å². The molecule has 1 aromatic rings. The summed E-state index contributed by atoms with van der Waals surface area (Å²) in [5, 5.41) is 6.03. The van der Waals surface area contributed by atoms with Gasteiger partial charge in [0.05, 0.1) is 0 Å². The smallest absolute Gasteiger partial charge is 0.227 e. The van der Waals surface area contributed by atoms with Crippen LogP contribution in [-0.4, -0.2) is 11.8 Å². The number of anilines is 1. The fourth-order valence-electron chi connectivity index (χ4n) is 3.94. The molecule has 0 radical (unpaired) electrons. The van der Waals surface area contributed by atoms with Crippen molar-refractivity contribution in [1.29, 1.82) is 0 Å². The number of rotatable bonds is 6. The lowest BCUT2D eigenvalue weighted by Crippen LogP contribution is -2.24. The Morgan fingerprint density at radius 2 is 1.71 bits per heavy atom. The predicted octanol–water partition coefficient (Wildman–Crippen LogP) is 4.01. The Morgan fingerprint density at radius 1 is 1.00 bits per heavy atom. The molecule has 2 aliphatic rings. The van der Waals surface area contributed by atoms with Crippen molar-refractivity contribution in [2.45, 2.75) is 64.3 Å². The van der Waals surface area contributed by atoms with Crippen LogP contribution in [0.3, 0.4) is 0 Å². The van der Waals surface area contributed by atoms with E-state index in [1.807, 2.05) is 24.3 Å². The molecule has 2 amide bonds. The molecule has 2 saturated carbocycles. The topological polar surface area (TPSA) is 58.2 Å². The Morgan fingerprint density at radius 3 is 2.46 bits per heavy atom. The summed E-state index contributed by atoms with van der Waals surface area (Å²) in [5.41, 5.74) is 1.86. The highest BCUT2D eigenvalue weighted by molar-refractivity contribution is 5.92. The largest absolute Gasteiger partial charge is 0.352 e. The van der Waals surface area contributed by atoms with Gasteiger partial charge in [0.15, 0.2) is 0 Å². The first-order valence-corrected chi connectivity index (χ1v) is 9.37. The second-order valence-electron chi connectivity index (χ2n) is 7.30. The second-order valence-corrected chi connectivity index (χ2v) is 7.30. The van der Waals surface area contributed by atoms with Crippen LogP contribution in [0.2, 0.25) is 0 Å². The minimum Gasteiger partial charge on any atom is -0.352 e. The monoisotopic (exact) mass is 328 g/mol. The minimum atomic E-state index is 0.134. The zero-order valence-corrected chi connectivity index (χ0v) is 14.4. The van der Waals surface area contributed by atoms with Gasteiger partial charge in [-0.3, -0.25) is 9.59 Å². The third kappa shape index (κ3) is 4.83. The molecule has 2 aliphatic carbocycles. The Hall–Kier alpha value is -1.84. The molecule has 0 atom stereocenters. The van der Waals surface area contributed by atoms with Gasteiger partial charge in [0.1, 0.15) is 0 Å². The molecule has 0 bridgehead atoms. The molecule has 24 heavy (non-hydrogen) atoms. The molecule has 2 fully saturated rings. The quantitative estimate of drug-likeness (QED) is 0.829. The first kappa shape index (κ1) is 17.0. The first-order chi connectivity index (χ1) is 11.7. The molecule has 1 aromatic carbocycles. The summed E-state index contributed by atoms with van der Waals surface area (Å²) in [6, 6.07) is 7.79. The molecule has 0 unspecified atom stereocenters. The van der Waals surface area contributed by atoms with E-state index >= 15 is 0 Å². The summed E-state index contributed by atoms with van der Waals surface area (Å²) in [6.07, 6.45) is 9.88. The number of nitrogens with one attached hydrogen (secondary N) is 2. The van der Waals surface area contributed by atoms with Crippen LogP contribution >= 0.6 is 0 Å². The maximum Gasteiger partial charge on any atom is 0.227 e. The van der Waals surface area contributed by atoms with Crippen molar-refractivity contribution in [3.63, 3.8) is 0 Å². The lowest BCUT2D eigenvalue weighted by molar-refractivity contribution is -0.122. The van der Waals surface area contributed by atoms with Crippen molar-refractivity contribution < 1.29 is 9.59 Å². The van der Waals surface area contributed by atoms with Gasteiger partial charge in [0, 0.05) is 24.6 Å². The van der Waals surface area contributed by atoms with Gasteiger partial charge in [-0.15, -0.1) is 0 Å². The molecule has 0 aromatic heterocycles. The molecule has 0 heterocycles. The fraction of sp³-hybridized carbons (Fsp3) is 0.600. The summed E-state index contributed by atoms with van der Waals surface area (Å²) in [5.74, 6) is 1.01. The predicted molar refractivity (Wildman–Crippen MR) is 95.5 cm³/mol. The zero-order chi connectivity index (χ0) is 16.8. The number of hydrogen-bond acceptors (Lipinski definition) is 2. The van der Waals surface area contributed by atoms with E-state index in [9.17, 15) is 9.59 Å². The van der Waals surface area contributed by atoms with E-state index in [1.54, 1.807) is 0 Å². The van der Waals surface area contributed by atoms with Crippen LogP contribution < -0.4 is 10.6 Å². The van der Waals surface area contributed by atoms with Crippen molar-refractivity contribution in [2.24, 2.45) is 11.8 Å². The molecule has 4 heteroatoms. The molecule has 0 saturated heterocycles. The molecule has 130 valence electrons. The van der Waals surface area contributed by atoms with Crippen molar-refractivity contribution >= 4 is 17.5 Å². The number of amides is 2. The average molecular weight is 328 g/mol. The Kier molecular flexibility index (Phi) is 5.89. The molecular formula is C20H28N2O2. The molecule has 2 N–H and O–H groups in total. The second kappa shape index (κ2) is 8.32. The SMILES string of the molecule is O=C(CC1CCCC1)NCc1cccc(NC(=O)C2CCCC2)c1. The molecule has 0 spiro atoms. The lowest BCUT2D eigenvalue weighted by atomic mass is 10.0. The van der Waals surface area contributed by atoms with Gasteiger partial charge in [0.2, 0.25) is 11.8 Å². The van der Waals surface area contributed by atoms with E-state index in [1.165, 1.54) is 25.7 Å². The Labute approximate surface area is 144 Å². The summed E-state index contributed by atoms with van der Waals surface area (Å²) >= 11 is 0. The third-order valence-electron chi connectivity index (χ3n) is 5.36. The molecular weight excluding hydrogens is 300 g/mol. The highest BCUT2D eigenvalue weighted by atomic mass is 16.2. The highest BCUT2D eigenvalue weighted by Gasteiger charge is 2.22. The standard InChI is InChI=1S/C20H28N2O2/c23-19(13-15-6-1-2-7-15)21-14-16-8-5-11-18(12-16)22-20(24)17-9-3-4-10-17/h5,8,11-12,15,17H,1-4,6-7,9-10,13-14H2,(H,21,23)(H,22,24). The summed E-state index contributed by atoms with van der Waals surface area (Å²) in [4.78, 5) is 24.2. The maximum atomic E-state index is 12.2. The Balaban J connectivity index is 1.47. The van der Waals surface area contributed by atoms with E-state index in [0.29, 0.717) is 18.9 Å². The van der Waals surface area contributed by atoms with Crippen LogP contribution in [0.1, 0.15) is 63.4 Å². The first-order valence-electron chi connectivity index (χ1n) is 9.37. The number of hydrogen-bond donors (Lipinski definition) is 2. The van der Waals surface area contributed by atoms with Crippen molar-refractivity contribution in [3.05, 3.63) is 29.8 Å². The molecule has 0 aliphatic heterocycles. The van der Waals surface area contributed by atoms with Gasteiger partial charge in [0.25, 0.3) is 0 Å². The summed E-state index contributed by atoms with van der Waals surface area (Å²) < 4.78 is 0. The van der Waals surface area contributed by atoms with Crippen molar-refractivity contribution in [3.8, 4) is 0 Å². The fourth-order valence-corrected chi connectivity index (χ4v) is 3.94. The van der Waals surface area contributed by atoms with Crippen LogP contribution in [0.4, 0.5) is 5.69 Å². The number of carbonyl (C=O) groups is 2. The molecule has 3 rings (SSSR count). The minimum absolute atomic E-state index is 0.134. The summed E-state index contributed by atoms with van der Waals surface area (Å²) in [6.45, 7) is 0.526. The van der Waals surface area contributed by atoms with E-state index in [4.69, 9.17) is 0 Å². The van der Waals surface area contributed by atoms with Crippen LogP contribution in [0, 0.1) is 11.8 Å². The normalized spacial score (nSPS) is 18.7. The van der Waals surface area contributed by atoms with E-state index in [-0.39, 0.29) is 17.7 Å². The highest BCUT2D eigenvalue weighted by Crippen LogP contribution is 2.27. The van der Waals surface area contributed by atoms with E-state index < -0.39 is 0 Å². The van der Waals surface area contributed by atoms with Crippen molar-refractivity contribution in [1.82, 2.24) is 5.32 Å². The van der Waals surface area contributed by atoms with Gasteiger partial charge in [-0.2, -0.15) is 0 Å². The summed E-state index contributed by atoms with van der Waals surface area (Å²) in [7, 11) is 0. The number of benzene rings is 1. The van der Waals surface area contributed by atoms with Gasteiger partial charge >= 0.3 is 0 Å². The van der Waals surface area contributed by atoms with Gasteiger partial charge in [-0.05, 0) is 49.3 Å². The van der Waals surface area contributed by atoms with Crippen molar-refractivity contribution in [2.75, 3.05) is 5.32 Å². The lowest BCUT2D eigenvalue weighted by Gasteiger charge is -2.12. The third-order valence-corrected chi connectivity index (χ3v) is 5.36. The van der Waals surface area contributed by atoms with Crippen LogP contribution in [0.5, 0.6) is 0 Å². The van der Waals surface area contributed by atoms with Gasteiger partial charge in [-0.25, -0.2) is 0 Å². The van der Waals surface area contributed by atoms with Crippen LogP contribution in [0.25, 0.3) is 0 Å². The maximum absolute atomic E-state index is 12.2. The van der Waals surface area contributed by atoms with Gasteiger partial charge < -0.3 is 10.6 Å². The van der Waals surface area contributed by atoms with Gasteiger partial charge in [-0.1, -0.05) is 37.8 Å². The van der Waals surface area contributed by atoms with E-state index in [2.05, 4.69) is 10.6 Å². The average Bonchev–Trinajstić information content (AvgIpc) is 3.27.